The van der Waals surface area contributed by atoms with Crippen LogP contribution in [0.1, 0.15) is 18.9 Å². The Labute approximate surface area is 90.8 Å². The lowest BCUT2D eigenvalue weighted by Gasteiger charge is -2.08. The highest BCUT2D eigenvalue weighted by atomic mass is 31.2. The highest BCUT2D eigenvalue weighted by Gasteiger charge is 2.13. The second-order valence-electron chi connectivity index (χ2n) is 3.73. The summed E-state index contributed by atoms with van der Waals surface area (Å²) in [6.07, 6.45) is 2.37. The molecule has 15 heavy (non-hydrogen) atoms. The summed E-state index contributed by atoms with van der Waals surface area (Å²) in [4.78, 5) is 9.38. The van der Waals surface area contributed by atoms with Gasteiger partial charge in [-0.1, -0.05) is 19.1 Å². The number of aryl methyl sites for hydroxylation is 1. The maximum Gasteiger partial charge on any atom is 0.200 e. The molecule has 1 aromatic rings. The molecule has 4 heteroatoms. The zero-order chi connectivity index (χ0) is 11.3. The molecule has 0 saturated heterocycles. The van der Waals surface area contributed by atoms with E-state index in [4.69, 9.17) is 5.73 Å². The fourth-order valence-electron chi connectivity index (χ4n) is 1.37. The van der Waals surface area contributed by atoms with Gasteiger partial charge < -0.3 is 10.6 Å². The third-order valence-corrected chi connectivity index (χ3v) is 4.45. The highest BCUT2D eigenvalue weighted by Crippen LogP contribution is 2.40. The second kappa shape index (κ2) is 5.34. The Morgan fingerprint density at radius 2 is 1.93 bits per heavy atom. The van der Waals surface area contributed by atoms with Gasteiger partial charge in [0.1, 0.15) is 0 Å². The third-order valence-electron chi connectivity index (χ3n) is 2.45. The van der Waals surface area contributed by atoms with Gasteiger partial charge in [0, 0.05) is 18.0 Å². The summed E-state index contributed by atoms with van der Waals surface area (Å²) in [5.74, 6) is 0. The Morgan fingerprint density at radius 1 is 1.33 bits per heavy atom. The third kappa shape index (κ3) is 4.50. The van der Waals surface area contributed by atoms with Gasteiger partial charge >= 0.3 is 0 Å². The van der Waals surface area contributed by atoms with Crippen molar-refractivity contribution in [2.45, 2.75) is 19.8 Å². The van der Waals surface area contributed by atoms with Crippen molar-refractivity contribution in [1.29, 1.82) is 0 Å². The molecule has 0 bridgehead atoms. The lowest BCUT2D eigenvalue weighted by Crippen LogP contribution is -1.95. The van der Waals surface area contributed by atoms with Crippen molar-refractivity contribution in [3.8, 4) is 0 Å². The number of hydrogen-bond donors (Lipinski definition) is 2. The topological polar surface area (TPSA) is 63.3 Å². The van der Waals surface area contributed by atoms with E-state index in [0.717, 1.165) is 18.5 Å². The molecule has 0 fully saturated rings. The van der Waals surface area contributed by atoms with Gasteiger partial charge in [0.05, 0.1) is 0 Å². The van der Waals surface area contributed by atoms with Crippen LogP contribution in [0, 0.1) is 0 Å². The molecule has 3 nitrogen and oxygen atoms in total. The molecule has 0 spiro atoms. The molecule has 3 N–H and O–H groups in total. The minimum Gasteiger partial charge on any atom is -0.399 e. The van der Waals surface area contributed by atoms with Crippen molar-refractivity contribution in [2.24, 2.45) is 0 Å². The van der Waals surface area contributed by atoms with Crippen LogP contribution in [0.25, 0.3) is 0 Å². The standard InChI is InChI=1S/C11H18NO2P/c1-2-15(13,14)9-3-4-10-5-7-11(12)8-6-10/h5-8H,2-4,9,12H2,1H3,(H,13,14). The number of nitrogens with two attached hydrogens (primary N) is 1. The monoisotopic (exact) mass is 227 g/mol. The lowest BCUT2D eigenvalue weighted by atomic mass is 10.1. The minimum atomic E-state index is -2.84. The molecule has 1 rings (SSSR count). The largest absolute Gasteiger partial charge is 0.399 e. The van der Waals surface area contributed by atoms with Crippen molar-refractivity contribution in [2.75, 3.05) is 18.1 Å². The molecule has 1 aromatic carbocycles. The van der Waals surface area contributed by atoms with Crippen LogP contribution in [-0.2, 0) is 11.0 Å². The van der Waals surface area contributed by atoms with E-state index in [-0.39, 0.29) is 0 Å². The van der Waals surface area contributed by atoms with Gasteiger partial charge in [-0.2, -0.15) is 0 Å². The van der Waals surface area contributed by atoms with Crippen LogP contribution >= 0.6 is 7.37 Å². The molecule has 0 amide bonds. The maximum absolute atomic E-state index is 11.4. The summed E-state index contributed by atoms with van der Waals surface area (Å²) >= 11 is 0. The molecule has 0 saturated carbocycles. The number of anilines is 1. The summed E-state index contributed by atoms with van der Waals surface area (Å²) in [5, 5.41) is 0. The zero-order valence-electron chi connectivity index (χ0n) is 9.02. The average Bonchev–Trinajstić information content (AvgIpc) is 2.21. The fraction of sp³-hybridized carbons (Fsp3) is 0.455. The fourth-order valence-corrected chi connectivity index (χ4v) is 2.34. The van der Waals surface area contributed by atoms with Crippen molar-refractivity contribution in [1.82, 2.24) is 0 Å². The summed E-state index contributed by atoms with van der Waals surface area (Å²) in [7, 11) is -2.84. The van der Waals surface area contributed by atoms with Crippen molar-refractivity contribution in [3.05, 3.63) is 29.8 Å². The molecule has 0 aliphatic rings. The Hall–Kier alpha value is -0.790. The molecule has 1 atom stereocenters. The van der Waals surface area contributed by atoms with Crippen molar-refractivity contribution in [3.63, 3.8) is 0 Å². The van der Waals surface area contributed by atoms with Gasteiger partial charge in [0.2, 0.25) is 0 Å². The average molecular weight is 227 g/mol. The summed E-state index contributed by atoms with van der Waals surface area (Å²) < 4.78 is 11.4. The van der Waals surface area contributed by atoms with Crippen LogP contribution < -0.4 is 5.73 Å². The van der Waals surface area contributed by atoms with Gasteiger partial charge in [-0.25, -0.2) is 0 Å². The predicted octanol–water partition coefficient (Wildman–Crippen LogP) is 2.49. The first-order valence-electron chi connectivity index (χ1n) is 5.19. The number of rotatable bonds is 5. The number of nitrogen functional groups attached to an aromatic ring is 1. The van der Waals surface area contributed by atoms with E-state index in [1.165, 1.54) is 5.56 Å². The molecule has 0 radical (unpaired) electrons. The number of benzene rings is 1. The van der Waals surface area contributed by atoms with E-state index >= 15 is 0 Å². The Morgan fingerprint density at radius 3 is 2.47 bits per heavy atom. The minimum absolute atomic E-state index is 0.370. The van der Waals surface area contributed by atoms with Gasteiger partial charge in [-0.15, -0.1) is 0 Å². The molecule has 0 aromatic heterocycles. The van der Waals surface area contributed by atoms with Gasteiger partial charge in [0.15, 0.2) is 7.37 Å². The molecule has 0 aliphatic heterocycles. The summed E-state index contributed by atoms with van der Waals surface area (Å²) in [5.41, 5.74) is 7.48. The van der Waals surface area contributed by atoms with E-state index < -0.39 is 7.37 Å². The normalized spacial score (nSPS) is 14.8. The first-order valence-corrected chi connectivity index (χ1v) is 7.22. The predicted molar refractivity (Wildman–Crippen MR) is 64.4 cm³/mol. The van der Waals surface area contributed by atoms with E-state index in [0.29, 0.717) is 12.3 Å². The maximum atomic E-state index is 11.4. The van der Waals surface area contributed by atoms with E-state index in [1.807, 2.05) is 24.3 Å². The smallest absolute Gasteiger partial charge is 0.200 e. The van der Waals surface area contributed by atoms with Crippen LogP contribution in [0.5, 0.6) is 0 Å². The zero-order valence-corrected chi connectivity index (χ0v) is 9.91. The van der Waals surface area contributed by atoms with Crippen LogP contribution in [0.3, 0.4) is 0 Å². The summed E-state index contributed by atoms with van der Waals surface area (Å²) in [6, 6.07) is 7.63. The molecule has 0 aliphatic carbocycles. The van der Waals surface area contributed by atoms with Crippen LogP contribution in [0.15, 0.2) is 24.3 Å². The van der Waals surface area contributed by atoms with E-state index in [9.17, 15) is 9.46 Å². The molecular weight excluding hydrogens is 209 g/mol. The van der Waals surface area contributed by atoms with Gasteiger partial charge in [0.25, 0.3) is 0 Å². The molecule has 84 valence electrons. The first kappa shape index (κ1) is 12.3. The SMILES string of the molecule is CCP(=O)(O)CCCc1ccc(N)cc1. The number of hydrogen-bond acceptors (Lipinski definition) is 2. The molecular formula is C11H18NO2P. The molecule has 1 unspecified atom stereocenters. The first-order chi connectivity index (χ1) is 7.03. The van der Waals surface area contributed by atoms with E-state index in [1.54, 1.807) is 6.92 Å². The Balaban J connectivity index is 2.38. The summed E-state index contributed by atoms with van der Waals surface area (Å²) in [6.45, 7) is 1.75. The van der Waals surface area contributed by atoms with Crippen LogP contribution in [0.4, 0.5) is 5.69 Å². The van der Waals surface area contributed by atoms with Gasteiger partial charge in [-0.05, 0) is 30.5 Å². The van der Waals surface area contributed by atoms with Crippen molar-refractivity contribution >= 4 is 13.1 Å². The molecule has 0 heterocycles. The Bertz CT molecular complexity index is 348. The lowest BCUT2D eigenvalue weighted by molar-refractivity contribution is 0.477. The van der Waals surface area contributed by atoms with Crippen LogP contribution in [-0.4, -0.2) is 17.2 Å². The Kier molecular flexibility index (Phi) is 4.37. The van der Waals surface area contributed by atoms with E-state index in [2.05, 4.69) is 0 Å². The quantitative estimate of drug-likeness (QED) is 0.600. The van der Waals surface area contributed by atoms with Crippen molar-refractivity contribution < 1.29 is 9.46 Å². The van der Waals surface area contributed by atoms with Crippen LogP contribution in [0.2, 0.25) is 0 Å². The highest BCUT2D eigenvalue weighted by molar-refractivity contribution is 7.57. The second-order valence-corrected chi connectivity index (χ2v) is 6.50. The van der Waals surface area contributed by atoms with Gasteiger partial charge in [-0.3, -0.25) is 4.57 Å².